The Hall–Kier alpha value is -1.88. The third-order valence-corrected chi connectivity index (χ3v) is 6.68. The second-order valence-electron chi connectivity index (χ2n) is 8.01. The molecular weight excluding hydrogens is 372 g/mol. The second-order valence-corrected chi connectivity index (χ2v) is 8.42. The van der Waals surface area contributed by atoms with E-state index in [9.17, 15) is 9.90 Å². The van der Waals surface area contributed by atoms with Crippen molar-refractivity contribution < 1.29 is 9.90 Å². The number of carbonyl (C=O) groups excluding carboxylic acids is 1. The zero-order chi connectivity index (χ0) is 19.7. The van der Waals surface area contributed by atoms with Gasteiger partial charge < -0.3 is 10.0 Å². The highest BCUT2D eigenvalue weighted by atomic mass is 35.5. The van der Waals surface area contributed by atoms with Gasteiger partial charge in [0.2, 0.25) is 0 Å². The van der Waals surface area contributed by atoms with E-state index in [2.05, 4.69) is 4.90 Å². The van der Waals surface area contributed by atoms with Crippen LogP contribution in [0.2, 0.25) is 5.02 Å². The number of halogens is 1. The molecule has 0 spiro atoms. The maximum Gasteiger partial charge on any atom is 0.253 e. The molecule has 2 aliphatic heterocycles. The highest BCUT2D eigenvalue weighted by Gasteiger charge is 2.47. The topological polar surface area (TPSA) is 43.8 Å². The van der Waals surface area contributed by atoms with Crippen LogP contribution in [0, 0.1) is 6.92 Å². The van der Waals surface area contributed by atoms with Gasteiger partial charge in [0, 0.05) is 23.7 Å². The van der Waals surface area contributed by atoms with Crippen molar-refractivity contribution in [3.8, 4) is 0 Å². The lowest BCUT2D eigenvalue weighted by Crippen LogP contribution is -2.61. The smallest absolute Gasteiger partial charge is 0.253 e. The Morgan fingerprint density at radius 3 is 2.50 bits per heavy atom. The molecule has 1 amide bonds. The molecule has 2 fully saturated rings. The van der Waals surface area contributed by atoms with Gasteiger partial charge in [0.1, 0.15) is 5.60 Å². The lowest BCUT2D eigenvalue weighted by molar-refractivity contribution is -0.0878. The quantitative estimate of drug-likeness (QED) is 0.854. The molecule has 2 heterocycles. The van der Waals surface area contributed by atoms with E-state index in [1.165, 1.54) is 0 Å². The number of hydrogen-bond acceptors (Lipinski definition) is 3. The van der Waals surface area contributed by atoms with Crippen molar-refractivity contribution in [2.45, 2.75) is 37.8 Å². The minimum absolute atomic E-state index is 0.0128. The molecule has 0 saturated carbocycles. The molecule has 0 unspecified atom stereocenters. The summed E-state index contributed by atoms with van der Waals surface area (Å²) in [5, 5.41) is 12.3. The molecule has 2 atom stereocenters. The molecule has 2 aromatic carbocycles. The summed E-state index contributed by atoms with van der Waals surface area (Å²) in [5.74, 6) is -0.0128. The van der Waals surface area contributed by atoms with Gasteiger partial charge in [-0.05, 0) is 62.5 Å². The summed E-state index contributed by atoms with van der Waals surface area (Å²) >= 11 is 6.24. The molecule has 0 aromatic heterocycles. The second kappa shape index (κ2) is 7.86. The fourth-order valence-electron chi connectivity index (χ4n) is 4.55. The summed E-state index contributed by atoms with van der Waals surface area (Å²) in [5.41, 5.74) is 1.58. The Labute approximate surface area is 171 Å². The van der Waals surface area contributed by atoms with Crippen LogP contribution >= 0.6 is 11.6 Å². The number of aryl methyl sites for hydroxylation is 1. The molecule has 2 aliphatic rings. The van der Waals surface area contributed by atoms with Crippen molar-refractivity contribution in [2.75, 3.05) is 26.2 Å². The predicted molar refractivity (Wildman–Crippen MR) is 112 cm³/mol. The summed E-state index contributed by atoms with van der Waals surface area (Å²) in [6.07, 6.45) is 2.81. The Kier molecular flexibility index (Phi) is 5.46. The first-order valence-corrected chi connectivity index (χ1v) is 10.4. The average Bonchev–Trinajstić information content (AvgIpc) is 3.25. The minimum Gasteiger partial charge on any atom is -0.383 e. The van der Waals surface area contributed by atoms with E-state index in [4.69, 9.17) is 11.6 Å². The number of piperidine rings is 1. The third kappa shape index (κ3) is 3.57. The minimum atomic E-state index is -0.937. The van der Waals surface area contributed by atoms with Crippen molar-refractivity contribution in [3.05, 3.63) is 70.2 Å². The van der Waals surface area contributed by atoms with Crippen LogP contribution in [-0.4, -0.2) is 53.0 Å². The van der Waals surface area contributed by atoms with Crippen LogP contribution in [-0.2, 0) is 5.60 Å². The fraction of sp³-hybridized carbons (Fsp3) is 0.435. The van der Waals surface area contributed by atoms with E-state index in [0.717, 1.165) is 37.1 Å². The number of benzene rings is 2. The molecule has 148 valence electrons. The van der Waals surface area contributed by atoms with Crippen molar-refractivity contribution in [2.24, 2.45) is 0 Å². The molecule has 28 heavy (non-hydrogen) atoms. The first-order valence-electron chi connectivity index (χ1n) is 10.1. The van der Waals surface area contributed by atoms with Crippen molar-refractivity contribution in [1.82, 2.24) is 9.80 Å². The molecule has 2 aromatic rings. The fourth-order valence-corrected chi connectivity index (χ4v) is 4.73. The van der Waals surface area contributed by atoms with Crippen molar-refractivity contribution in [3.63, 3.8) is 0 Å². The van der Waals surface area contributed by atoms with Gasteiger partial charge in [0.25, 0.3) is 5.91 Å². The highest BCUT2D eigenvalue weighted by Crippen LogP contribution is 2.37. The highest BCUT2D eigenvalue weighted by molar-refractivity contribution is 6.31. The molecule has 0 radical (unpaired) electrons. The van der Waals surface area contributed by atoms with Gasteiger partial charge in [0.05, 0.1) is 6.04 Å². The predicted octanol–water partition coefficient (Wildman–Crippen LogP) is 3.85. The molecule has 4 nitrogen and oxygen atoms in total. The Morgan fingerprint density at radius 2 is 1.82 bits per heavy atom. The normalized spacial score (nSPS) is 25.8. The lowest BCUT2D eigenvalue weighted by atomic mass is 9.79. The summed E-state index contributed by atoms with van der Waals surface area (Å²) in [7, 11) is 0. The van der Waals surface area contributed by atoms with Crippen molar-refractivity contribution in [1.29, 1.82) is 0 Å². The van der Waals surface area contributed by atoms with Crippen LogP contribution < -0.4 is 0 Å². The van der Waals surface area contributed by atoms with Gasteiger partial charge in [-0.3, -0.25) is 9.69 Å². The summed E-state index contributed by atoms with van der Waals surface area (Å²) in [6, 6.07) is 15.3. The summed E-state index contributed by atoms with van der Waals surface area (Å²) < 4.78 is 0. The monoisotopic (exact) mass is 398 g/mol. The van der Waals surface area contributed by atoms with Gasteiger partial charge in [0.15, 0.2) is 0 Å². The molecule has 0 aliphatic carbocycles. The largest absolute Gasteiger partial charge is 0.383 e. The average molecular weight is 399 g/mol. The first kappa shape index (κ1) is 19.4. The Bertz CT molecular complexity index is 851. The van der Waals surface area contributed by atoms with E-state index >= 15 is 0 Å². The SMILES string of the molecule is Cc1ccc(C(=O)N2CC[C@](O)(c3ccccc3)[C@H](N3CCCC3)C2)cc1Cl. The van der Waals surface area contributed by atoms with Gasteiger partial charge in [-0.25, -0.2) is 0 Å². The van der Waals surface area contributed by atoms with Crippen LogP contribution in [0.3, 0.4) is 0 Å². The van der Waals surface area contributed by atoms with Crippen LogP contribution in [0.15, 0.2) is 48.5 Å². The standard InChI is InChI=1S/C23H27ClN2O2/c1-17-9-10-18(15-20(17)24)22(27)26-14-11-23(28,19-7-3-2-4-8-19)21(16-26)25-12-5-6-13-25/h2-4,7-10,15,21,28H,5-6,11-14,16H2,1H3/t21-,23+/m1/s1. The number of amides is 1. The van der Waals surface area contributed by atoms with Gasteiger partial charge in [-0.1, -0.05) is 48.0 Å². The first-order chi connectivity index (χ1) is 13.5. The van der Waals surface area contributed by atoms with Gasteiger partial charge in [-0.15, -0.1) is 0 Å². The van der Waals surface area contributed by atoms with Crippen LogP contribution in [0.5, 0.6) is 0 Å². The molecule has 2 saturated heterocycles. The van der Waals surface area contributed by atoms with Crippen molar-refractivity contribution >= 4 is 17.5 Å². The number of likely N-dealkylation sites (tertiary alicyclic amines) is 2. The zero-order valence-electron chi connectivity index (χ0n) is 16.3. The van der Waals surface area contributed by atoms with Gasteiger partial charge >= 0.3 is 0 Å². The third-order valence-electron chi connectivity index (χ3n) is 6.27. The Morgan fingerprint density at radius 1 is 1.11 bits per heavy atom. The maximum absolute atomic E-state index is 13.1. The lowest BCUT2D eigenvalue weighted by Gasteiger charge is -2.48. The number of carbonyl (C=O) groups is 1. The Balaban J connectivity index is 1.62. The van der Waals surface area contributed by atoms with Crippen LogP contribution in [0.1, 0.15) is 40.7 Å². The number of aliphatic hydroxyl groups is 1. The molecule has 0 bridgehead atoms. The van der Waals surface area contributed by atoms with Gasteiger partial charge in [-0.2, -0.15) is 0 Å². The van der Waals surface area contributed by atoms with E-state index in [0.29, 0.717) is 30.1 Å². The zero-order valence-corrected chi connectivity index (χ0v) is 17.0. The van der Waals surface area contributed by atoms with E-state index < -0.39 is 5.60 Å². The van der Waals surface area contributed by atoms with E-state index in [1.54, 1.807) is 6.07 Å². The van der Waals surface area contributed by atoms with E-state index in [-0.39, 0.29) is 11.9 Å². The molecule has 4 rings (SSSR count). The van der Waals surface area contributed by atoms with Crippen LogP contribution in [0.4, 0.5) is 0 Å². The van der Waals surface area contributed by atoms with Crippen LogP contribution in [0.25, 0.3) is 0 Å². The molecular formula is C23H27ClN2O2. The maximum atomic E-state index is 13.1. The molecule has 1 N–H and O–H groups in total. The summed E-state index contributed by atoms with van der Waals surface area (Å²) in [6.45, 7) is 4.92. The number of nitrogens with zero attached hydrogens (tertiary/aromatic N) is 2. The summed E-state index contributed by atoms with van der Waals surface area (Å²) in [4.78, 5) is 17.4. The number of rotatable bonds is 3. The molecule has 5 heteroatoms. The number of hydrogen-bond donors (Lipinski definition) is 1. The van der Waals surface area contributed by atoms with E-state index in [1.807, 2.05) is 54.3 Å².